The molecular formula is C14H18ClNO3. The Morgan fingerprint density at radius 3 is 2.68 bits per heavy atom. The molecule has 104 valence electrons. The van der Waals surface area contributed by atoms with Crippen molar-refractivity contribution >= 4 is 11.6 Å². The predicted molar refractivity (Wildman–Crippen MR) is 73.1 cm³/mol. The van der Waals surface area contributed by atoms with Crippen molar-refractivity contribution in [3.05, 3.63) is 16.7 Å². The summed E-state index contributed by atoms with van der Waals surface area (Å²) >= 11 is 6.19. The summed E-state index contributed by atoms with van der Waals surface area (Å²) < 4.78 is 10.7. The highest BCUT2D eigenvalue weighted by molar-refractivity contribution is 6.34. The molecule has 1 heterocycles. The van der Waals surface area contributed by atoms with Crippen LogP contribution >= 0.6 is 11.6 Å². The lowest BCUT2D eigenvalue weighted by atomic mass is 9.69. The van der Waals surface area contributed by atoms with E-state index in [0.29, 0.717) is 18.0 Å². The van der Waals surface area contributed by atoms with Gasteiger partial charge in [-0.15, -0.1) is 0 Å². The van der Waals surface area contributed by atoms with Gasteiger partial charge in [-0.25, -0.2) is 0 Å². The van der Waals surface area contributed by atoms with Crippen LogP contribution in [0.5, 0.6) is 17.2 Å². The molecule has 0 atom stereocenters. The van der Waals surface area contributed by atoms with Gasteiger partial charge in [0.15, 0.2) is 11.5 Å². The lowest BCUT2D eigenvalue weighted by Gasteiger charge is -2.37. The van der Waals surface area contributed by atoms with E-state index in [4.69, 9.17) is 26.8 Å². The molecule has 1 saturated carbocycles. The van der Waals surface area contributed by atoms with Crippen LogP contribution in [0.3, 0.4) is 0 Å². The van der Waals surface area contributed by atoms with Crippen LogP contribution in [0, 0.1) is 0 Å². The summed E-state index contributed by atoms with van der Waals surface area (Å²) in [5, 5.41) is 10.6. The number of hydrogen-bond donors (Lipinski definition) is 2. The fourth-order valence-electron chi connectivity index (χ4n) is 3.21. The summed E-state index contributed by atoms with van der Waals surface area (Å²) in [6, 6.07) is 1.85. The van der Waals surface area contributed by atoms with Gasteiger partial charge in [-0.2, -0.15) is 0 Å². The van der Waals surface area contributed by atoms with E-state index in [1.165, 1.54) is 6.42 Å². The van der Waals surface area contributed by atoms with Crippen LogP contribution in [0.1, 0.15) is 37.7 Å². The SMILES string of the molecule is NCC1(c2cc3c(c(Cl)c2O)OCO3)CCCCC1. The molecule has 0 aromatic heterocycles. The van der Waals surface area contributed by atoms with Crippen LogP contribution in [-0.4, -0.2) is 18.4 Å². The maximum Gasteiger partial charge on any atom is 0.231 e. The highest BCUT2D eigenvalue weighted by Gasteiger charge is 2.37. The zero-order valence-corrected chi connectivity index (χ0v) is 11.5. The number of rotatable bonds is 2. The highest BCUT2D eigenvalue weighted by atomic mass is 35.5. The maximum absolute atomic E-state index is 10.4. The first-order chi connectivity index (χ1) is 9.18. The first-order valence-electron chi connectivity index (χ1n) is 6.69. The van der Waals surface area contributed by atoms with Crippen LogP contribution in [0.2, 0.25) is 5.02 Å². The predicted octanol–water partition coefficient (Wildman–Crippen LogP) is 2.93. The van der Waals surface area contributed by atoms with Crippen molar-refractivity contribution in [2.45, 2.75) is 37.5 Å². The second-order valence-electron chi connectivity index (χ2n) is 5.37. The van der Waals surface area contributed by atoms with Gasteiger partial charge in [0.25, 0.3) is 0 Å². The summed E-state index contributed by atoms with van der Waals surface area (Å²) in [5.41, 5.74) is 6.63. The Morgan fingerprint density at radius 1 is 1.26 bits per heavy atom. The monoisotopic (exact) mass is 283 g/mol. The minimum atomic E-state index is -0.188. The summed E-state index contributed by atoms with van der Waals surface area (Å²) in [4.78, 5) is 0. The molecule has 1 aromatic rings. The fraction of sp³-hybridized carbons (Fsp3) is 0.571. The third-order valence-corrected chi connectivity index (χ3v) is 4.70. The summed E-state index contributed by atoms with van der Waals surface area (Å²) in [5.74, 6) is 1.14. The molecule has 2 aliphatic rings. The van der Waals surface area contributed by atoms with Gasteiger partial charge >= 0.3 is 0 Å². The summed E-state index contributed by atoms with van der Waals surface area (Å²) in [6.07, 6.45) is 5.44. The zero-order valence-electron chi connectivity index (χ0n) is 10.7. The van der Waals surface area contributed by atoms with Gasteiger partial charge in [0.2, 0.25) is 6.79 Å². The van der Waals surface area contributed by atoms with E-state index in [1.54, 1.807) is 0 Å². The van der Waals surface area contributed by atoms with Crippen LogP contribution in [0.15, 0.2) is 6.07 Å². The maximum atomic E-state index is 10.4. The van der Waals surface area contributed by atoms with Crippen molar-refractivity contribution < 1.29 is 14.6 Å². The molecule has 0 unspecified atom stereocenters. The van der Waals surface area contributed by atoms with Crippen molar-refractivity contribution in [2.24, 2.45) is 5.73 Å². The van der Waals surface area contributed by atoms with Gasteiger partial charge in [-0.1, -0.05) is 30.9 Å². The average molecular weight is 284 g/mol. The van der Waals surface area contributed by atoms with E-state index in [2.05, 4.69) is 0 Å². The van der Waals surface area contributed by atoms with E-state index < -0.39 is 0 Å². The molecular weight excluding hydrogens is 266 g/mol. The number of ether oxygens (including phenoxy) is 2. The second kappa shape index (κ2) is 4.76. The number of fused-ring (bicyclic) bond motifs is 1. The molecule has 3 N–H and O–H groups in total. The molecule has 0 amide bonds. The third kappa shape index (κ3) is 1.94. The molecule has 1 aliphatic heterocycles. The highest BCUT2D eigenvalue weighted by Crippen LogP contribution is 2.51. The van der Waals surface area contributed by atoms with Crippen molar-refractivity contribution in [1.82, 2.24) is 0 Å². The number of phenolic OH excluding ortho intramolecular Hbond substituents is 1. The molecule has 1 aromatic carbocycles. The molecule has 1 fully saturated rings. The number of halogens is 1. The lowest BCUT2D eigenvalue weighted by molar-refractivity contribution is 0.174. The second-order valence-corrected chi connectivity index (χ2v) is 5.74. The Bertz CT molecular complexity index is 498. The van der Waals surface area contributed by atoms with Crippen LogP contribution < -0.4 is 15.2 Å². The molecule has 0 radical (unpaired) electrons. The molecule has 3 rings (SSSR count). The van der Waals surface area contributed by atoms with E-state index in [-0.39, 0.29) is 23.0 Å². The largest absolute Gasteiger partial charge is 0.506 e. The Kier molecular flexibility index (Phi) is 3.23. The number of nitrogens with two attached hydrogens (primary N) is 1. The smallest absolute Gasteiger partial charge is 0.231 e. The molecule has 4 nitrogen and oxygen atoms in total. The van der Waals surface area contributed by atoms with Gasteiger partial charge < -0.3 is 20.3 Å². The Morgan fingerprint density at radius 2 is 2.00 bits per heavy atom. The number of phenols is 1. The fourth-order valence-corrected chi connectivity index (χ4v) is 3.46. The first-order valence-corrected chi connectivity index (χ1v) is 7.07. The minimum absolute atomic E-state index is 0.0956. The molecule has 0 spiro atoms. The van der Waals surface area contributed by atoms with E-state index in [0.717, 1.165) is 31.2 Å². The molecule has 19 heavy (non-hydrogen) atoms. The van der Waals surface area contributed by atoms with Crippen LogP contribution in [-0.2, 0) is 5.41 Å². The van der Waals surface area contributed by atoms with E-state index in [9.17, 15) is 5.11 Å². The van der Waals surface area contributed by atoms with Crippen molar-refractivity contribution in [3.63, 3.8) is 0 Å². The first kappa shape index (κ1) is 12.9. The van der Waals surface area contributed by atoms with Gasteiger partial charge in [-0.05, 0) is 18.9 Å². The molecule has 5 heteroatoms. The summed E-state index contributed by atoms with van der Waals surface area (Å²) in [7, 11) is 0. The van der Waals surface area contributed by atoms with Crippen molar-refractivity contribution in [1.29, 1.82) is 0 Å². The van der Waals surface area contributed by atoms with Gasteiger partial charge in [-0.3, -0.25) is 0 Å². The van der Waals surface area contributed by atoms with Crippen LogP contribution in [0.4, 0.5) is 0 Å². The topological polar surface area (TPSA) is 64.7 Å². The van der Waals surface area contributed by atoms with Crippen molar-refractivity contribution in [2.75, 3.05) is 13.3 Å². The number of hydrogen-bond acceptors (Lipinski definition) is 4. The third-order valence-electron chi connectivity index (χ3n) is 4.35. The molecule has 1 aliphatic carbocycles. The normalized spacial score (nSPS) is 20.5. The zero-order chi connectivity index (χ0) is 13.5. The van der Waals surface area contributed by atoms with Gasteiger partial charge in [0.1, 0.15) is 10.8 Å². The Balaban J connectivity index is 2.11. The average Bonchev–Trinajstić information content (AvgIpc) is 2.92. The minimum Gasteiger partial charge on any atom is -0.506 e. The van der Waals surface area contributed by atoms with Crippen LogP contribution in [0.25, 0.3) is 0 Å². The van der Waals surface area contributed by atoms with E-state index in [1.807, 2.05) is 6.07 Å². The van der Waals surface area contributed by atoms with Gasteiger partial charge in [0.05, 0.1) is 0 Å². The lowest BCUT2D eigenvalue weighted by Crippen LogP contribution is -2.37. The molecule has 0 bridgehead atoms. The number of aromatic hydroxyl groups is 1. The van der Waals surface area contributed by atoms with Gasteiger partial charge in [0, 0.05) is 17.5 Å². The van der Waals surface area contributed by atoms with Crippen molar-refractivity contribution in [3.8, 4) is 17.2 Å². The number of benzene rings is 1. The van der Waals surface area contributed by atoms with E-state index >= 15 is 0 Å². The summed E-state index contributed by atoms with van der Waals surface area (Å²) in [6.45, 7) is 0.657. The Labute approximate surface area is 117 Å². The quantitative estimate of drug-likeness (QED) is 0.876. The Hall–Kier alpha value is -1.13. The molecule has 0 saturated heterocycles. The standard InChI is InChI=1S/C14H18ClNO3/c15-11-12(17)9(6-10-13(11)19-8-18-10)14(7-16)4-2-1-3-5-14/h6,17H,1-5,7-8,16H2.